The third-order valence-electron chi connectivity index (χ3n) is 3.46. The average molecular weight is 242 g/mol. The van der Waals surface area contributed by atoms with E-state index in [1.54, 1.807) is 6.26 Å². The van der Waals surface area contributed by atoms with Gasteiger partial charge in [-0.15, -0.1) is 0 Å². The van der Waals surface area contributed by atoms with E-state index in [1.807, 2.05) is 6.07 Å². The third kappa shape index (κ3) is 2.80. The molecule has 1 aliphatic rings. The van der Waals surface area contributed by atoms with Crippen LogP contribution < -0.4 is 5.32 Å². The summed E-state index contributed by atoms with van der Waals surface area (Å²) >= 11 is 6.05. The van der Waals surface area contributed by atoms with Gasteiger partial charge in [-0.2, -0.15) is 0 Å². The molecule has 2 nitrogen and oxygen atoms in total. The first kappa shape index (κ1) is 12.0. The molecule has 0 saturated heterocycles. The van der Waals surface area contributed by atoms with E-state index in [4.69, 9.17) is 16.0 Å². The minimum atomic E-state index is 0.372. The highest BCUT2D eigenvalue weighted by Crippen LogP contribution is 2.36. The number of nitrogens with one attached hydrogen (secondary N) is 1. The van der Waals surface area contributed by atoms with E-state index in [9.17, 15) is 0 Å². The molecule has 1 aromatic heterocycles. The molecule has 16 heavy (non-hydrogen) atoms. The molecule has 0 aromatic carbocycles. The topological polar surface area (TPSA) is 25.2 Å². The Morgan fingerprint density at radius 1 is 1.56 bits per heavy atom. The number of rotatable bonds is 6. The van der Waals surface area contributed by atoms with Crippen molar-refractivity contribution in [2.24, 2.45) is 5.92 Å². The van der Waals surface area contributed by atoms with Crippen molar-refractivity contribution < 1.29 is 4.42 Å². The molecule has 2 rings (SSSR count). The van der Waals surface area contributed by atoms with Crippen LogP contribution in [0.3, 0.4) is 0 Å². The number of halogens is 1. The fourth-order valence-corrected chi connectivity index (χ4v) is 2.50. The SMILES string of the molecule is CCCNC(CC1CCC1)c1ccoc1Cl. The first-order chi connectivity index (χ1) is 7.81. The van der Waals surface area contributed by atoms with Crippen LogP contribution in [0.2, 0.25) is 5.22 Å². The zero-order valence-electron chi connectivity index (χ0n) is 9.84. The fraction of sp³-hybridized carbons (Fsp3) is 0.692. The van der Waals surface area contributed by atoms with Gasteiger partial charge in [0.2, 0.25) is 0 Å². The predicted molar refractivity (Wildman–Crippen MR) is 66.7 cm³/mol. The first-order valence-corrected chi connectivity index (χ1v) is 6.65. The molecule has 0 radical (unpaired) electrons. The van der Waals surface area contributed by atoms with E-state index in [-0.39, 0.29) is 0 Å². The van der Waals surface area contributed by atoms with Crippen LogP contribution in [0.15, 0.2) is 16.7 Å². The van der Waals surface area contributed by atoms with Crippen LogP contribution in [0, 0.1) is 5.92 Å². The molecule has 1 fully saturated rings. The monoisotopic (exact) mass is 241 g/mol. The Labute approximate surface area is 102 Å². The lowest BCUT2D eigenvalue weighted by atomic mass is 9.80. The summed E-state index contributed by atoms with van der Waals surface area (Å²) in [5.74, 6) is 0.875. The largest absolute Gasteiger partial charge is 0.453 e. The Morgan fingerprint density at radius 3 is 2.88 bits per heavy atom. The second-order valence-corrected chi connectivity index (χ2v) is 5.03. The minimum Gasteiger partial charge on any atom is -0.453 e. The van der Waals surface area contributed by atoms with E-state index in [1.165, 1.54) is 25.7 Å². The summed E-state index contributed by atoms with van der Waals surface area (Å²) in [5, 5.41) is 4.12. The van der Waals surface area contributed by atoms with E-state index >= 15 is 0 Å². The van der Waals surface area contributed by atoms with Crippen LogP contribution in [0.1, 0.15) is 50.6 Å². The van der Waals surface area contributed by atoms with E-state index in [0.29, 0.717) is 11.3 Å². The van der Waals surface area contributed by atoms with Gasteiger partial charge in [-0.25, -0.2) is 0 Å². The maximum Gasteiger partial charge on any atom is 0.197 e. The van der Waals surface area contributed by atoms with Gasteiger partial charge in [0.1, 0.15) is 0 Å². The minimum absolute atomic E-state index is 0.372. The molecular weight excluding hydrogens is 222 g/mol. The second kappa shape index (κ2) is 5.74. The lowest BCUT2D eigenvalue weighted by Crippen LogP contribution is -2.26. The summed E-state index contributed by atoms with van der Waals surface area (Å²) in [5.41, 5.74) is 1.13. The first-order valence-electron chi connectivity index (χ1n) is 6.27. The van der Waals surface area contributed by atoms with Gasteiger partial charge in [-0.05, 0) is 43.0 Å². The molecule has 1 unspecified atom stereocenters. The van der Waals surface area contributed by atoms with Crippen molar-refractivity contribution in [1.82, 2.24) is 5.32 Å². The van der Waals surface area contributed by atoms with Crippen LogP contribution in [0.4, 0.5) is 0 Å². The molecule has 1 heterocycles. The highest BCUT2D eigenvalue weighted by atomic mass is 35.5. The fourth-order valence-electron chi connectivity index (χ4n) is 2.25. The van der Waals surface area contributed by atoms with Gasteiger partial charge in [0.25, 0.3) is 0 Å². The van der Waals surface area contributed by atoms with Crippen LogP contribution >= 0.6 is 11.6 Å². The number of furan rings is 1. The highest BCUT2D eigenvalue weighted by Gasteiger charge is 2.24. The van der Waals surface area contributed by atoms with E-state index in [2.05, 4.69) is 12.2 Å². The van der Waals surface area contributed by atoms with Gasteiger partial charge in [0.05, 0.1) is 6.26 Å². The van der Waals surface area contributed by atoms with Crippen molar-refractivity contribution in [3.8, 4) is 0 Å². The van der Waals surface area contributed by atoms with Crippen LogP contribution in [0.25, 0.3) is 0 Å². The Bertz CT molecular complexity index is 319. The molecule has 0 aliphatic heterocycles. The van der Waals surface area contributed by atoms with Gasteiger partial charge >= 0.3 is 0 Å². The predicted octanol–water partition coefficient (Wildman–Crippen LogP) is 4.16. The summed E-state index contributed by atoms with van der Waals surface area (Å²) in [6, 6.07) is 2.37. The molecule has 0 spiro atoms. The van der Waals surface area contributed by atoms with Crippen LogP contribution in [-0.4, -0.2) is 6.54 Å². The van der Waals surface area contributed by atoms with Crippen molar-refractivity contribution in [2.75, 3.05) is 6.54 Å². The van der Waals surface area contributed by atoms with Crippen molar-refractivity contribution in [3.05, 3.63) is 23.1 Å². The zero-order chi connectivity index (χ0) is 11.4. The lowest BCUT2D eigenvalue weighted by Gasteiger charge is -2.30. The Hall–Kier alpha value is -0.470. The molecule has 3 heteroatoms. The molecule has 90 valence electrons. The highest BCUT2D eigenvalue weighted by molar-refractivity contribution is 6.29. The summed E-state index contributed by atoms with van der Waals surface area (Å²) in [6.45, 7) is 3.23. The molecular formula is C13H20ClNO. The zero-order valence-corrected chi connectivity index (χ0v) is 10.6. The number of hydrogen-bond donors (Lipinski definition) is 1. The van der Waals surface area contributed by atoms with Crippen molar-refractivity contribution >= 4 is 11.6 Å². The van der Waals surface area contributed by atoms with Gasteiger partial charge in [0, 0.05) is 11.6 Å². The van der Waals surface area contributed by atoms with E-state index < -0.39 is 0 Å². The smallest absolute Gasteiger partial charge is 0.197 e. The molecule has 1 aliphatic carbocycles. The lowest BCUT2D eigenvalue weighted by molar-refractivity contribution is 0.261. The molecule has 1 atom stereocenters. The van der Waals surface area contributed by atoms with Crippen molar-refractivity contribution in [3.63, 3.8) is 0 Å². The molecule has 0 bridgehead atoms. The van der Waals surface area contributed by atoms with Gasteiger partial charge in [-0.3, -0.25) is 0 Å². The Morgan fingerprint density at radius 2 is 2.38 bits per heavy atom. The molecule has 1 N–H and O–H groups in total. The molecule has 1 saturated carbocycles. The Balaban J connectivity index is 1.98. The van der Waals surface area contributed by atoms with Gasteiger partial charge in [0.15, 0.2) is 5.22 Å². The molecule has 1 aromatic rings. The maximum absolute atomic E-state index is 6.05. The van der Waals surface area contributed by atoms with Crippen LogP contribution in [0.5, 0.6) is 0 Å². The van der Waals surface area contributed by atoms with Crippen LogP contribution in [-0.2, 0) is 0 Å². The Kier molecular flexibility index (Phi) is 4.30. The normalized spacial score (nSPS) is 18.4. The summed E-state index contributed by atoms with van der Waals surface area (Å²) in [6.07, 6.45) is 8.17. The maximum atomic E-state index is 6.05. The third-order valence-corrected chi connectivity index (χ3v) is 3.76. The standard InChI is InChI=1S/C13H20ClNO/c1-2-7-15-12(9-10-4-3-5-10)11-6-8-16-13(11)14/h6,8,10,12,15H,2-5,7,9H2,1H3. The molecule has 0 amide bonds. The summed E-state index contributed by atoms with van der Waals surface area (Å²) in [4.78, 5) is 0. The second-order valence-electron chi connectivity index (χ2n) is 4.69. The summed E-state index contributed by atoms with van der Waals surface area (Å²) in [7, 11) is 0. The van der Waals surface area contributed by atoms with Gasteiger partial charge < -0.3 is 9.73 Å². The number of hydrogen-bond acceptors (Lipinski definition) is 2. The summed E-state index contributed by atoms with van der Waals surface area (Å²) < 4.78 is 5.18. The van der Waals surface area contributed by atoms with E-state index in [0.717, 1.165) is 24.4 Å². The van der Waals surface area contributed by atoms with Crippen molar-refractivity contribution in [2.45, 2.75) is 45.1 Å². The quantitative estimate of drug-likeness (QED) is 0.809. The van der Waals surface area contributed by atoms with Crippen molar-refractivity contribution in [1.29, 1.82) is 0 Å². The van der Waals surface area contributed by atoms with Gasteiger partial charge in [-0.1, -0.05) is 26.2 Å². The average Bonchev–Trinajstić information content (AvgIpc) is 2.62.